The van der Waals surface area contributed by atoms with Crippen LogP contribution in [0.5, 0.6) is 0 Å². The lowest BCUT2D eigenvalue weighted by Crippen LogP contribution is -1.80. The first-order chi connectivity index (χ1) is 4.33. The van der Waals surface area contributed by atoms with Crippen molar-refractivity contribution in [3.05, 3.63) is 15.7 Å². The number of rotatable bonds is 2. The predicted molar refractivity (Wildman–Crippen MR) is 45.3 cm³/mol. The van der Waals surface area contributed by atoms with Crippen LogP contribution in [0.15, 0.2) is 6.20 Å². The van der Waals surface area contributed by atoms with E-state index in [0.717, 1.165) is 10.3 Å². The van der Waals surface area contributed by atoms with Crippen molar-refractivity contribution in [1.82, 2.24) is 9.97 Å². The largest absolute Gasteiger partial charge is 0.337 e. The zero-order chi connectivity index (χ0) is 6.69. The molecule has 0 radical (unpaired) electrons. The van der Waals surface area contributed by atoms with Crippen LogP contribution in [0, 0.1) is 3.83 Å². The second kappa shape index (κ2) is 3.20. The molecule has 0 amide bonds. The minimum absolute atomic E-state index is 0.982. The number of nitrogens with one attached hydrogen (secondary N) is 1. The van der Waals surface area contributed by atoms with Gasteiger partial charge < -0.3 is 4.98 Å². The van der Waals surface area contributed by atoms with Crippen LogP contribution >= 0.6 is 22.6 Å². The molecule has 0 aliphatic heterocycles. The number of aryl methyl sites for hydroxylation is 1. The first-order valence-electron chi connectivity index (χ1n) is 3.02. The van der Waals surface area contributed by atoms with Crippen LogP contribution in [0.1, 0.15) is 19.0 Å². The second-order valence-corrected chi connectivity index (χ2v) is 2.97. The highest BCUT2D eigenvalue weighted by Gasteiger charge is 1.93. The average Bonchev–Trinajstić information content (AvgIpc) is 2.17. The van der Waals surface area contributed by atoms with E-state index in [1.54, 1.807) is 0 Å². The Morgan fingerprint density at radius 1 is 1.78 bits per heavy atom. The first kappa shape index (κ1) is 7.05. The fourth-order valence-corrected chi connectivity index (χ4v) is 1.21. The molecule has 0 aliphatic carbocycles. The highest BCUT2D eigenvalue weighted by Crippen LogP contribution is 2.01. The molecule has 50 valence electrons. The molecule has 0 fully saturated rings. The molecule has 0 bridgehead atoms. The third-order valence-corrected chi connectivity index (χ3v) is 1.66. The third-order valence-electron chi connectivity index (χ3n) is 1.12. The molecule has 1 heterocycles. The van der Waals surface area contributed by atoms with Crippen molar-refractivity contribution < 1.29 is 0 Å². The molecule has 9 heavy (non-hydrogen) atoms. The van der Waals surface area contributed by atoms with Crippen molar-refractivity contribution in [2.24, 2.45) is 0 Å². The van der Waals surface area contributed by atoms with Gasteiger partial charge in [0.15, 0.2) is 3.83 Å². The fraction of sp³-hybridized carbons (Fsp3) is 0.500. The molecule has 0 spiro atoms. The highest BCUT2D eigenvalue weighted by molar-refractivity contribution is 14.1. The monoisotopic (exact) mass is 236 g/mol. The Bertz CT molecular complexity index is 183. The van der Waals surface area contributed by atoms with E-state index in [4.69, 9.17) is 0 Å². The van der Waals surface area contributed by atoms with Gasteiger partial charge in [0.1, 0.15) is 0 Å². The van der Waals surface area contributed by atoms with Gasteiger partial charge >= 0.3 is 0 Å². The van der Waals surface area contributed by atoms with Crippen LogP contribution < -0.4 is 0 Å². The molecule has 0 saturated carbocycles. The van der Waals surface area contributed by atoms with Gasteiger partial charge in [0, 0.05) is 11.9 Å². The molecule has 0 aromatic carbocycles. The Kier molecular flexibility index (Phi) is 2.50. The van der Waals surface area contributed by atoms with E-state index in [-0.39, 0.29) is 0 Å². The molecular formula is C6H9IN2. The van der Waals surface area contributed by atoms with Gasteiger partial charge in [-0.3, -0.25) is 0 Å². The van der Waals surface area contributed by atoms with E-state index in [2.05, 4.69) is 39.5 Å². The van der Waals surface area contributed by atoms with Crippen LogP contribution in [0.3, 0.4) is 0 Å². The van der Waals surface area contributed by atoms with Crippen LogP contribution in [-0.4, -0.2) is 9.97 Å². The summed E-state index contributed by atoms with van der Waals surface area (Å²) >= 11 is 2.17. The van der Waals surface area contributed by atoms with Gasteiger partial charge in [-0.15, -0.1) is 0 Å². The lowest BCUT2D eigenvalue weighted by Gasteiger charge is -1.87. The quantitative estimate of drug-likeness (QED) is 0.781. The summed E-state index contributed by atoms with van der Waals surface area (Å²) in [4.78, 5) is 7.22. The Morgan fingerprint density at radius 3 is 3.00 bits per heavy atom. The summed E-state index contributed by atoms with van der Waals surface area (Å²) in [6, 6.07) is 0. The summed E-state index contributed by atoms with van der Waals surface area (Å²) in [7, 11) is 0. The molecule has 0 saturated heterocycles. The van der Waals surface area contributed by atoms with Crippen LogP contribution in [-0.2, 0) is 6.42 Å². The molecule has 3 heteroatoms. The van der Waals surface area contributed by atoms with E-state index in [1.807, 2.05) is 6.20 Å². The lowest BCUT2D eigenvalue weighted by molar-refractivity contribution is 0.890. The van der Waals surface area contributed by atoms with Crippen molar-refractivity contribution in [3.63, 3.8) is 0 Å². The van der Waals surface area contributed by atoms with E-state index in [0.29, 0.717) is 0 Å². The molecule has 1 rings (SSSR count). The third kappa shape index (κ3) is 1.97. The van der Waals surface area contributed by atoms with Gasteiger partial charge in [-0.2, -0.15) is 0 Å². The molecule has 1 aromatic rings. The van der Waals surface area contributed by atoms with Gasteiger partial charge in [0.2, 0.25) is 0 Å². The van der Waals surface area contributed by atoms with Crippen molar-refractivity contribution in [2.75, 3.05) is 0 Å². The SMILES string of the molecule is CCCc1cnc(I)[nH]1. The standard InChI is InChI=1S/C6H9IN2/c1-2-3-5-4-8-6(7)9-5/h4H,2-3H2,1H3,(H,8,9). The van der Waals surface area contributed by atoms with Gasteiger partial charge in [0.25, 0.3) is 0 Å². The summed E-state index contributed by atoms with van der Waals surface area (Å²) in [6.07, 6.45) is 4.18. The summed E-state index contributed by atoms with van der Waals surface area (Å²) in [6.45, 7) is 2.16. The number of imidazole rings is 1. The number of H-pyrrole nitrogens is 1. The zero-order valence-corrected chi connectivity index (χ0v) is 7.47. The van der Waals surface area contributed by atoms with E-state index in [9.17, 15) is 0 Å². The van der Waals surface area contributed by atoms with Crippen molar-refractivity contribution in [1.29, 1.82) is 0 Å². The molecular weight excluding hydrogens is 227 g/mol. The number of halogens is 1. The normalized spacial score (nSPS) is 10.0. The van der Waals surface area contributed by atoms with Gasteiger partial charge in [-0.1, -0.05) is 13.3 Å². The van der Waals surface area contributed by atoms with Gasteiger partial charge in [-0.05, 0) is 29.0 Å². The van der Waals surface area contributed by atoms with E-state index < -0.39 is 0 Å². The maximum absolute atomic E-state index is 4.07. The van der Waals surface area contributed by atoms with Gasteiger partial charge in [0.05, 0.1) is 0 Å². The summed E-state index contributed by atoms with van der Waals surface area (Å²) in [5.41, 5.74) is 1.24. The van der Waals surface area contributed by atoms with E-state index >= 15 is 0 Å². The average molecular weight is 236 g/mol. The molecule has 0 aliphatic rings. The Morgan fingerprint density at radius 2 is 2.56 bits per heavy atom. The minimum Gasteiger partial charge on any atom is -0.337 e. The fourth-order valence-electron chi connectivity index (χ4n) is 0.728. The van der Waals surface area contributed by atoms with E-state index in [1.165, 1.54) is 12.1 Å². The molecule has 0 unspecified atom stereocenters. The summed E-state index contributed by atoms with van der Waals surface area (Å²) in [5.74, 6) is 0. The maximum atomic E-state index is 4.07. The molecule has 2 nitrogen and oxygen atoms in total. The Hall–Kier alpha value is -0.0600. The highest BCUT2D eigenvalue weighted by atomic mass is 127. The van der Waals surface area contributed by atoms with Crippen LogP contribution in [0.25, 0.3) is 0 Å². The lowest BCUT2D eigenvalue weighted by atomic mass is 10.3. The molecule has 1 N–H and O–H groups in total. The van der Waals surface area contributed by atoms with Crippen molar-refractivity contribution >= 4 is 22.6 Å². The summed E-state index contributed by atoms with van der Waals surface area (Å²) in [5, 5.41) is 0. The van der Waals surface area contributed by atoms with Gasteiger partial charge in [-0.25, -0.2) is 4.98 Å². The number of aromatic nitrogens is 2. The topological polar surface area (TPSA) is 28.7 Å². The molecule has 1 aromatic heterocycles. The zero-order valence-electron chi connectivity index (χ0n) is 5.32. The first-order valence-corrected chi connectivity index (χ1v) is 4.10. The second-order valence-electron chi connectivity index (χ2n) is 1.95. The van der Waals surface area contributed by atoms with Crippen LogP contribution in [0.2, 0.25) is 0 Å². The smallest absolute Gasteiger partial charge is 0.168 e. The summed E-state index contributed by atoms with van der Waals surface area (Å²) < 4.78 is 0.982. The van der Waals surface area contributed by atoms with Crippen LogP contribution in [0.4, 0.5) is 0 Å². The number of nitrogens with zero attached hydrogens (tertiary/aromatic N) is 1. The van der Waals surface area contributed by atoms with Crippen molar-refractivity contribution in [3.8, 4) is 0 Å². The Labute approximate surface area is 68.2 Å². The molecule has 0 atom stereocenters. The Balaban J connectivity index is 2.61. The minimum atomic E-state index is 0.982. The van der Waals surface area contributed by atoms with Crippen molar-refractivity contribution in [2.45, 2.75) is 19.8 Å². The maximum Gasteiger partial charge on any atom is 0.168 e. The number of aromatic amines is 1. The number of hydrogen-bond acceptors (Lipinski definition) is 1. The predicted octanol–water partition coefficient (Wildman–Crippen LogP) is 1.97. The number of hydrogen-bond donors (Lipinski definition) is 1.